The first-order valence-electron chi connectivity index (χ1n) is 4.64. The molecule has 0 nitrogen and oxygen atoms in total. The first-order chi connectivity index (χ1) is 4.81. The molecule has 62 valence electrons. The summed E-state index contributed by atoms with van der Waals surface area (Å²) in [5.41, 5.74) is 0. The van der Waals surface area contributed by atoms with E-state index in [1.807, 2.05) is 0 Å². The third kappa shape index (κ3) is 11.6. The quantitative estimate of drug-likeness (QED) is 0.322. The molecule has 0 aliphatic rings. The average molecular weight is 180 g/mol. The molecule has 1 heteroatoms. The molecule has 0 aromatic carbocycles. The van der Waals surface area contributed by atoms with Gasteiger partial charge in [-0.2, -0.15) is 5.92 Å². The molecule has 0 aliphatic carbocycles. The van der Waals surface area contributed by atoms with Crippen LogP contribution < -0.4 is 51.4 Å². The predicted octanol–water partition coefficient (Wildman–Crippen LogP) is 0.821. The van der Waals surface area contributed by atoms with Crippen molar-refractivity contribution in [3.63, 3.8) is 0 Å². The maximum Gasteiger partial charge on any atom is 1.00 e. The van der Waals surface area contributed by atoms with Crippen molar-refractivity contribution >= 4 is 0 Å². The third-order valence-electron chi connectivity index (χ3n) is 1.91. The molecule has 0 N–H and O–H groups in total. The summed E-state index contributed by atoms with van der Waals surface area (Å²) >= 11 is 0. The van der Waals surface area contributed by atoms with Crippen LogP contribution in [0.2, 0.25) is 0 Å². The number of hydrogen-bond acceptors (Lipinski definition) is 0. The molecule has 1 atom stereocenters. The van der Waals surface area contributed by atoms with Crippen LogP contribution in [0.15, 0.2) is 0 Å². The van der Waals surface area contributed by atoms with E-state index in [1.165, 1.54) is 38.5 Å². The summed E-state index contributed by atoms with van der Waals surface area (Å²) in [5.74, 6) is 0.719. The second kappa shape index (κ2) is 11.6. The molecule has 1 unspecified atom stereocenters. The van der Waals surface area contributed by atoms with E-state index < -0.39 is 0 Å². The van der Waals surface area contributed by atoms with Gasteiger partial charge in [-0.15, -0.1) is 0 Å². The van der Waals surface area contributed by atoms with Crippen LogP contribution in [0.1, 0.15) is 52.4 Å². The van der Waals surface area contributed by atoms with Crippen molar-refractivity contribution < 1.29 is 51.4 Å². The van der Waals surface area contributed by atoms with Crippen molar-refractivity contribution in [3.05, 3.63) is 6.92 Å². The molecule has 0 saturated heterocycles. The molecule has 11 heavy (non-hydrogen) atoms. The van der Waals surface area contributed by atoms with Crippen molar-refractivity contribution in [2.45, 2.75) is 52.4 Å². The first kappa shape index (κ1) is 15.1. The maximum absolute atomic E-state index is 4.10. The fraction of sp³-hybridized carbons (Fsp3) is 0.900. The van der Waals surface area contributed by atoms with Crippen LogP contribution in [0, 0.1) is 12.8 Å². The van der Waals surface area contributed by atoms with Crippen molar-refractivity contribution in [2.75, 3.05) is 0 Å². The molecule has 0 aliphatic heterocycles. The van der Waals surface area contributed by atoms with Crippen LogP contribution in [0.3, 0.4) is 0 Å². The van der Waals surface area contributed by atoms with Gasteiger partial charge in [-0.05, 0) is 0 Å². The van der Waals surface area contributed by atoms with Gasteiger partial charge in [-0.25, -0.2) is 0 Å². The van der Waals surface area contributed by atoms with Gasteiger partial charge in [0.1, 0.15) is 0 Å². The zero-order valence-electron chi connectivity index (χ0n) is 8.53. The molecule has 0 saturated carbocycles. The summed E-state index contributed by atoms with van der Waals surface area (Å²) < 4.78 is 0. The molecule has 0 fully saturated rings. The Morgan fingerprint density at radius 1 is 1.00 bits per heavy atom. The normalized spacial score (nSPS) is 12.3. The van der Waals surface area contributed by atoms with Gasteiger partial charge >= 0.3 is 51.4 Å². The average Bonchev–Trinajstić information content (AvgIpc) is 1.89. The van der Waals surface area contributed by atoms with E-state index in [1.54, 1.807) is 0 Å². The molecule has 0 aromatic heterocycles. The van der Waals surface area contributed by atoms with Crippen molar-refractivity contribution in [1.82, 2.24) is 0 Å². The molecule has 0 aromatic rings. The Morgan fingerprint density at radius 2 is 1.64 bits per heavy atom. The standard InChI is InChI=1S/C10H21.K/c1-4-6-7-9-10(3)8-5-2;/h10H,3-9H2,1-2H3;/q-1;+1. The van der Waals surface area contributed by atoms with Crippen molar-refractivity contribution in [2.24, 2.45) is 5.92 Å². The summed E-state index contributed by atoms with van der Waals surface area (Å²) in [6, 6.07) is 0. The van der Waals surface area contributed by atoms with Crippen LogP contribution in [-0.4, -0.2) is 0 Å². The van der Waals surface area contributed by atoms with Crippen LogP contribution in [0.4, 0.5) is 0 Å². The minimum atomic E-state index is 0. The summed E-state index contributed by atoms with van der Waals surface area (Å²) in [7, 11) is 0. The van der Waals surface area contributed by atoms with E-state index in [0.717, 1.165) is 5.92 Å². The van der Waals surface area contributed by atoms with E-state index in [-0.39, 0.29) is 51.4 Å². The fourth-order valence-electron chi connectivity index (χ4n) is 1.24. The topological polar surface area (TPSA) is 0 Å². The van der Waals surface area contributed by atoms with Gasteiger partial charge in [0.15, 0.2) is 0 Å². The Labute approximate surface area is 115 Å². The largest absolute Gasteiger partial charge is 1.00 e. The monoisotopic (exact) mass is 180 g/mol. The second-order valence-electron chi connectivity index (χ2n) is 3.15. The Bertz CT molecular complexity index is 61.9. The Balaban J connectivity index is 0. The zero-order chi connectivity index (χ0) is 7.82. The molecule has 0 spiro atoms. The maximum atomic E-state index is 4.10. The zero-order valence-corrected chi connectivity index (χ0v) is 11.7. The van der Waals surface area contributed by atoms with Crippen LogP contribution in [0.5, 0.6) is 0 Å². The van der Waals surface area contributed by atoms with Gasteiger partial charge in [-0.1, -0.05) is 52.4 Å². The molecule has 0 amide bonds. The second-order valence-corrected chi connectivity index (χ2v) is 3.15. The van der Waals surface area contributed by atoms with Crippen LogP contribution in [-0.2, 0) is 0 Å². The van der Waals surface area contributed by atoms with Crippen LogP contribution >= 0.6 is 0 Å². The van der Waals surface area contributed by atoms with Gasteiger partial charge in [-0.3, -0.25) is 0 Å². The molecular weight excluding hydrogens is 159 g/mol. The van der Waals surface area contributed by atoms with Gasteiger partial charge in [0.25, 0.3) is 0 Å². The molecule has 0 bridgehead atoms. The van der Waals surface area contributed by atoms with E-state index in [2.05, 4.69) is 20.8 Å². The number of unbranched alkanes of at least 4 members (excludes halogenated alkanes) is 2. The summed E-state index contributed by atoms with van der Waals surface area (Å²) in [6.45, 7) is 8.58. The summed E-state index contributed by atoms with van der Waals surface area (Å²) in [4.78, 5) is 0. The summed E-state index contributed by atoms with van der Waals surface area (Å²) in [5, 5.41) is 0. The predicted molar refractivity (Wildman–Crippen MR) is 47.9 cm³/mol. The third-order valence-corrected chi connectivity index (χ3v) is 1.91. The van der Waals surface area contributed by atoms with Gasteiger partial charge < -0.3 is 6.92 Å². The first-order valence-corrected chi connectivity index (χ1v) is 4.64. The Hall–Kier alpha value is 1.64. The van der Waals surface area contributed by atoms with Crippen molar-refractivity contribution in [3.8, 4) is 0 Å². The van der Waals surface area contributed by atoms with E-state index >= 15 is 0 Å². The van der Waals surface area contributed by atoms with E-state index in [4.69, 9.17) is 0 Å². The number of hydrogen-bond donors (Lipinski definition) is 0. The smallest absolute Gasteiger partial charge is 0.340 e. The van der Waals surface area contributed by atoms with Gasteiger partial charge in [0.05, 0.1) is 0 Å². The minimum absolute atomic E-state index is 0. The molecule has 0 heterocycles. The SMILES string of the molecule is [CH2-]C(CCC)CCCCC.[K+]. The summed E-state index contributed by atoms with van der Waals surface area (Å²) in [6.07, 6.45) is 8.03. The Morgan fingerprint density at radius 3 is 2.09 bits per heavy atom. The molecule has 0 radical (unpaired) electrons. The van der Waals surface area contributed by atoms with Gasteiger partial charge in [0.2, 0.25) is 0 Å². The molecular formula is C10H21K. The van der Waals surface area contributed by atoms with Crippen LogP contribution in [0.25, 0.3) is 0 Å². The number of rotatable bonds is 6. The molecule has 0 rings (SSSR count). The van der Waals surface area contributed by atoms with Gasteiger partial charge in [0, 0.05) is 0 Å². The van der Waals surface area contributed by atoms with E-state index in [9.17, 15) is 0 Å². The Kier molecular flexibility index (Phi) is 16.0. The van der Waals surface area contributed by atoms with Crippen molar-refractivity contribution in [1.29, 1.82) is 0 Å². The minimum Gasteiger partial charge on any atom is -0.340 e. The van der Waals surface area contributed by atoms with E-state index in [0.29, 0.717) is 0 Å². The fourth-order valence-corrected chi connectivity index (χ4v) is 1.24.